The predicted molar refractivity (Wildman–Crippen MR) is 77.8 cm³/mol. The molecule has 0 bridgehead atoms. The largest absolute Gasteiger partial charge is 0.490 e. The van der Waals surface area contributed by atoms with Crippen molar-refractivity contribution in [3.8, 4) is 5.75 Å². The Morgan fingerprint density at radius 2 is 1.65 bits per heavy atom. The molecule has 0 aliphatic carbocycles. The number of ether oxygens (including phenoxy) is 2. The van der Waals surface area contributed by atoms with Gasteiger partial charge in [0.15, 0.2) is 0 Å². The van der Waals surface area contributed by atoms with Crippen LogP contribution < -0.4 is 10.5 Å². The summed E-state index contributed by atoms with van der Waals surface area (Å²) in [6.45, 7) is 2.54. The fourth-order valence-corrected chi connectivity index (χ4v) is 1.63. The lowest BCUT2D eigenvalue weighted by atomic mass is 10.2. The van der Waals surface area contributed by atoms with Crippen LogP contribution in [0.15, 0.2) is 48.5 Å². The van der Waals surface area contributed by atoms with Crippen LogP contribution in [-0.2, 0) is 4.74 Å². The number of carbonyl (C=O) groups excluding carboxylic acids is 1. The quantitative estimate of drug-likeness (QED) is 0.516. The van der Waals surface area contributed by atoms with E-state index < -0.39 is 0 Å². The van der Waals surface area contributed by atoms with Gasteiger partial charge in [0.25, 0.3) is 0 Å². The summed E-state index contributed by atoms with van der Waals surface area (Å²) < 4.78 is 10.6. The van der Waals surface area contributed by atoms with Crippen LogP contribution in [0.3, 0.4) is 0 Å². The minimum Gasteiger partial charge on any atom is -0.490 e. The predicted octanol–water partition coefficient (Wildman–Crippen LogP) is 2.81. The Morgan fingerprint density at radius 3 is 2.30 bits per heavy atom. The normalized spacial score (nSPS) is 10.1. The molecule has 0 saturated carbocycles. The Morgan fingerprint density at radius 1 is 1.00 bits per heavy atom. The van der Waals surface area contributed by atoms with Crippen molar-refractivity contribution >= 4 is 11.7 Å². The van der Waals surface area contributed by atoms with Crippen molar-refractivity contribution in [2.75, 3.05) is 18.9 Å². The lowest BCUT2D eigenvalue weighted by molar-refractivity contribution is 0.0450. The van der Waals surface area contributed by atoms with Gasteiger partial charge in [0, 0.05) is 5.69 Å². The molecule has 0 radical (unpaired) electrons. The van der Waals surface area contributed by atoms with E-state index >= 15 is 0 Å². The summed E-state index contributed by atoms with van der Waals surface area (Å²) in [6, 6.07) is 14.3. The molecule has 2 N–H and O–H groups in total. The highest BCUT2D eigenvalue weighted by atomic mass is 16.6. The molecule has 0 amide bonds. The summed E-state index contributed by atoms with van der Waals surface area (Å²) in [5.41, 5.74) is 7.82. The zero-order chi connectivity index (χ0) is 14.4. The van der Waals surface area contributed by atoms with E-state index in [0.29, 0.717) is 17.9 Å². The molecule has 0 heterocycles. The van der Waals surface area contributed by atoms with Crippen molar-refractivity contribution in [3.63, 3.8) is 0 Å². The molecule has 104 valence electrons. The van der Waals surface area contributed by atoms with Crippen LogP contribution >= 0.6 is 0 Å². The van der Waals surface area contributed by atoms with E-state index in [1.165, 1.54) is 5.56 Å². The van der Waals surface area contributed by atoms with Crippen molar-refractivity contribution < 1.29 is 14.3 Å². The van der Waals surface area contributed by atoms with Gasteiger partial charge in [-0.1, -0.05) is 17.7 Å². The highest BCUT2D eigenvalue weighted by Crippen LogP contribution is 2.11. The van der Waals surface area contributed by atoms with E-state index in [0.717, 1.165) is 5.75 Å². The van der Waals surface area contributed by atoms with Crippen LogP contribution in [0.5, 0.6) is 5.75 Å². The van der Waals surface area contributed by atoms with Crippen molar-refractivity contribution in [1.82, 2.24) is 0 Å². The number of hydrogen-bond donors (Lipinski definition) is 1. The van der Waals surface area contributed by atoms with Gasteiger partial charge in [-0.2, -0.15) is 0 Å². The lowest BCUT2D eigenvalue weighted by Gasteiger charge is -2.07. The third kappa shape index (κ3) is 4.02. The molecule has 0 unspecified atom stereocenters. The molecule has 4 heteroatoms. The Kier molecular flexibility index (Phi) is 4.60. The smallest absolute Gasteiger partial charge is 0.338 e. The average Bonchev–Trinajstić information content (AvgIpc) is 2.46. The van der Waals surface area contributed by atoms with Gasteiger partial charge in [-0.3, -0.25) is 0 Å². The lowest BCUT2D eigenvalue weighted by Crippen LogP contribution is -2.12. The van der Waals surface area contributed by atoms with Crippen LogP contribution in [0.2, 0.25) is 0 Å². The molecular weight excluding hydrogens is 254 g/mol. The van der Waals surface area contributed by atoms with Gasteiger partial charge in [-0.25, -0.2) is 4.79 Å². The molecule has 2 aromatic rings. The van der Waals surface area contributed by atoms with Gasteiger partial charge in [0.05, 0.1) is 5.56 Å². The SMILES string of the molecule is Cc1ccc(OCCOC(=O)c2ccc(N)cc2)cc1. The molecular formula is C16H17NO3. The van der Waals surface area contributed by atoms with Crippen molar-refractivity contribution in [2.24, 2.45) is 0 Å². The fraction of sp³-hybridized carbons (Fsp3) is 0.188. The van der Waals surface area contributed by atoms with Crippen molar-refractivity contribution in [2.45, 2.75) is 6.92 Å². The van der Waals surface area contributed by atoms with Gasteiger partial charge in [-0.05, 0) is 43.3 Å². The van der Waals surface area contributed by atoms with Crippen LogP contribution in [0.25, 0.3) is 0 Å². The van der Waals surface area contributed by atoms with Gasteiger partial charge in [0.2, 0.25) is 0 Å². The van der Waals surface area contributed by atoms with Crippen LogP contribution in [0.4, 0.5) is 5.69 Å². The van der Waals surface area contributed by atoms with Gasteiger partial charge < -0.3 is 15.2 Å². The first-order valence-electron chi connectivity index (χ1n) is 6.37. The van der Waals surface area contributed by atoms with Crippen LogP contribution in [0, 0.1) is 6.92 Å². The first kappa shape index (κ1) is 13.9. The Labute approximate surface area is 118 Å². The third-order valence-electron chi connectivity index (χ3n) is 2.75. The number of nitrogens with two attached hydrogens (primary N) is 1. The number of rotatable bonds is 5. The van der Waals surface area contributed by atoms with Gasteiger partial charge >= 0.3 is 5.97 Å². The monoisotopic (exact) mass is 271 g/mol. The first-order valence-corrected chi connectivity index (χ1v) is 6.37. The molecule has 2 rings (SSSR count). The van der Waals surface area contributed by atoms with E-state index in [1.54, 1.807) is 24.3 Å². The number of aryl methyl sites for hydroxylation is 1. The van der Waals surface area contributed by atoms with Crippen molar-refractivity contribution in [1.29, 1.82) is 0 Å². The maximum absolute atomic E-state index is 11.7. The van der Waals surface area contributed by atoms with E-state index in [1.807, 2.05) is 31.2 Å². The second kappa shape index (κ2) is 6.61. The number of hydrogen-bond acceptors (Lipinski definition) is 4. The molecule has 0 atom stereocenters. The zero-order valence-corrected chi connectivity index (χ0v) is 11.3. The molecule has 2 aromatic carbocycles. The van der Waals surface area contributed by atoms with E-state index in [-0.39, 0.29) is 12.6 Å². The van der Waals surface area contributed by atoms with E-state index in [4.69, 9.17) is 15.2 Å². The van der Waals surface area contributed by atoms with Crippen LogP contribution in [0.1, 0.15) is 15.9 Å². The summed E-state index contributed by atoms with van der Waals surface area (Å²) in [5.74, 6) is 0.386. The summed E-state index contributed by atoms with van der Waals surface area (Å²) in [6.07, 6.45) is 0. The average molecular weight is 271 g/mol. The Hall–Kier alpha value is -2.49. The molecule has 0 spiro atoms. The highest BCUT2D eigenvalue weighted by molar-refractivity contribution is 5.89. The molecule has 0 saturated heterocycles. The van der Waals surface area contributed by atoms with Gasteiger partial charge in [0.1, 0.15) is 19.0 Å². The molecule has 4 nitrogen and oxygen atoms in total. The number of carbonyl (C=O) groups is 1. The molecule has 0 fully saturated rings. The molecule has 0 aliphatic rings. The number of anilines is 1. The summed E-state index contributed by atoms with van der Waals surface area (Å²) in [4.78, 5) is 11.7. The van der Waals surface area contributed by atoms with E-state index in [9.17, 15) is 4.79 Å². The second-order valence-corrected chi connectivity index (χ2v) is 4.42. The van der Waals surface area contributed by atoms with Crippen molar-refractivity contribution in [3.05, 3.63) is 59.7 Å². The molecule has 0 aliphatic heterocycles. The topological polar surface area (TPSA) is 61.5 Å². The Balaban J connectivity index is 1.74. The van der Waals surface area contributed by atoms with Gasteiger partial charge in [-0.15, -0.1) is 0 Å². The fourth-order valence-electron chi connectivity index (χ4n) is 1.63. The summed E-state index contributed by atoms with van der Waals surface area (Å²) >= 11 is 0. The first-order chi connectivity index (χ1) is 9.65. The number of benzene rings is 2. The standard InChI is InChI=1S/C16H17NO3/c1-12-2-8-15(9-3-12)19-10-11-20-16(18)13-4-6-14(17)7-5-13/h2-9H,10-11,17H2,1H3. The molecule has 0 aromatic heterocycles. The molecule has 20 heavy (non-hydrogen) atoms. The summed E-state index contributed by atoms with van der Waals surface area (Å²) in [7, 11) is 0. The Bertz CT molecular complexity index is 561. The van der Waals surface area contributed by atoms with E-state index in [2.05, 4.69) is 0 Å². The number of esters is 1. The van der Waals surface area contributed by atoms with Crippen LogP contribution in [-0.4, -0.2) is 19.2 Å². The minimum absolute atomic E-state index is 0.205. The maximum atomic E-state index is 11.7. The highest BCUT2D eigenvalue weighted by Gasteiger charge is 2.06. The second-order valence-electron chi connectivity index (χ2n) is 4.42. The maximum Gasteiger partial charge on any atom is 0.338 e. The zero-order valence-electron chi connectivity index (χ0n) is 11.3. The third-order valence-corrected chi connectivity index (χ3v) is 2.75. The minimum atomic E-state index is -0.377. The number of nitrogen functional groups attached to an aromatic ring is 1. The summed E-state index contributed by atoms with van der Waals surface area (Å²) in [5, 5.41) is 0.